The normalized spacial score (nSPS) is 14.9. The van der Waals surface area contributed by atoms with Crippen molar-refractivity contribution < 1.29 is 36.3 Å². The highest BCUT2D eigenvalue weighted by Gasteiger charge is 2.44. The van der Waals surface area contributed by atoms with E-state index in [9.17, 15) is 31.5 Å². The van der Waals surface area contributed by atoms with E-state index in [1.54, 1.807) is 41.2 Å². The number of nitrogens with one attached hydrogen (secondary N) is 1. The van der Waals surface area contributed by atoms with Crippen LogP contribution in [0.25, 0.3) is 5.65 Å². The number of carbonyl (C=O) groups is 2. The predicted molar refractivity (Wildman–Crippen MR) is 130 cm³/mol. The summed E-state index contributed by atoms with van der Waals surface area (Å²) in [6.45, 7) is 0. The van der Waals surface area contributed by atoms with E-state index in [2.05, 4.69) is 37.1 Å². The van der Waals surface area contributed by atoms with E-state index in [0.29, 0.717) is 28.0 Å². The van der Waals surface area contributed by atoms with Crippen molar-refractivity contribution in [2.45, 2.75) is 18.6 Å². The SMILES string of the molecule is O=C(Nc1cccc(C#Cc2cnc3cccnn23)c1)N1N=C(OC(=O)C(F)(F)F)CC1c1cc(F)cc(F)c1. The Kier molecular flexibility index (Phi) is 6.87. The van der Waals surface area contributed by atoms with Gasteiger partial charge >= 0.3 is 18.2 Å². The third-order valence-electron chi connectivity index (χ3n) is 5.53. The van der Waals surface area contributed by atoms with Gasteiger partial charge in [-0.3, -0.25) is 0 Å². The molecule has 1 aliphatic rings. The number of benzene rings is 2. The van der Waals surface area contributed by atoms with Crippen LogP contribution in [0.3, 0.4) is 0 Å². The van der Waals surface area contributed by atoms with Gasteiger partial charge in [0.15, 0.2) is 5.65 Å². The van der Waals surface area contributed by atoms with Crippen LogP contribution in [0.5, 0.6) is 0 Å². The minimum Gasteiger partial charge on any atom is -0.403 e. The largest absolute Gasteiger partial charge is 0.491 e. The van der Waals surface area contributed by atoms with Gasteiger partial charge in [-0.2, -0.15) is 18.3 Å². The number of aromatic nitrogens is 3. The van der Waals surface area contributed by atoms with E-state index in [1.807, 2.05) is 0 Å². The molecule has 0 bridgehead atoms. The van der Waals surface area contributed by atoms with Crippen LogP contribution in [-0.4, -0.2) is 43.7 Å². The fourth-order valence-corrected chi connectivity index (χ4v) is 3.83. The molecule has 2 amide bonds. The van der Waals surface area contributed by atoms with Crippen molar-refractivity contribution in [3.63, 3.8) is 0 Å². The second kappa shape index (κ2) is 10.4. The molecule has 0 saturated heterocycles. The highest BCUT2D eigenvalue weighted by atomic mass is 19.4. The molecule has 1 atom stereocenters. The Bertz CT molecular complexity index is 1700. The van der Waals surface area contributed by atoms with Gasteiger partial charge in [-0.05, 0) is 53.9 Å². The van der Waals surface area contributed by atoms with Crippen LogP contribution in [0.15, 0.2) is 72.1 Å². The summed E-state index contributed by atoms with van der Waals surface area (Å²) in [5.41, 5.74) is 1.72. The van der Waals surface area contributed by atoms with Crippen LogP contribution >= 0.6 is 0 Å². The average Bonchev–Trinajstić information content (AvgIpc) is 3.51. The van der Waals surface area contributed by atoms with Crippen molar-refractivity contribution in [1.29, 1.82) is 0 Å². The summed E-state index contributed by atoms with van der Waals surface area (Å²) in [7, 11) is 0. The number of urea groups is 1. The molecule has 1 unspecified atom stereocenters. The Morgan fingerprint density at radius 2 is 1.80 bits per heavy atom. The number of anilines is 1. The van der Waals surface area contributed by atoms with Crippen molar-refractivity contribution in [2.75, 3.05) is 5.32 Å². The molecule has 2 aromatic carbocycles. The first-order valence-corrected chi connectivity index (χ1v) is 11.4. The molecule has 1 aliphatic heterocycles. The summed E-state index contributed by atoms with van der Waals surface area (Å²) < 4.78 is 71.7. The maximum absolute atomic E-state index is 13.9. The second-order valence-corrected chi connectivity index (χ2v) is 8.35. The van der Waals surface area contributed by atoms with Gasteiger partial charge in [0.05, 0.1) is 18.7 Å². The standard InChI is InChI=1S/C26H15F5N6O3/c27-17-10-16(11-18(28)12-17)21-13-23(40-24(38)26(29,30)31)35-37(21)25(39)34-19-4-1-3-15(9-19)6-7-20-14-32-22-5-2-8-33-36(20)22/h1-5,8-12,14,21H,13H2,(H,34,39). The Morgan fingerprint density at radius 3 is 2.55 bits per heavy atom. The number of hydrogen-bond acceptors (Lipinski definition) is 6. The Balaban J connectivity index is 1.39. The summed E-state index contributed by atoms with van der Waals surface area (Å²) in [4.78, 5) is 28.6. The molecule has 14 heteroatoms. The third kappa shape index (κ3) is 5.73. The molecule has 0 fully saturated rings. The van der Waals surface area contributed by atoms with Gasteiger partial charge in [0.2, 0.25) is 5.90 Å². The zero-order valence-electron chi connectivity index (χ0n) is 20.0. The first-order valence-electron chi connectivity index (χ1n) is 11.4. The fourth-order valence-electron chi connectivity index (χ4n) is 3.83. The lowest BCUT2D eigenvalue weighted by atomic mass is 10.0. The molecule has 0 radical (unpaired) electrons. The molecule has 0 aliphatic carbocycles. The number of fused-ring (bicyclic) bond motifs is 1. The van der Waals surface area contributed by atoms with Crippen molar-refractivity contribution in [2.24, 2.45) is 5.10 Å². The number of hydrazone groups is 1. The molecule has 2 aromatic heterocycles. The molecule has 1 N–H and O–H groups in total. The van der Waals surface area contributed by atoms with E-state index < -0.39 is 48.2 Å². The summed E-state index contributed by atoms with van der Waals surface area (Å²) >= 11 is 0. The topological polar surface area (TPSA) is 101 Å². The Morgan fingerprint density at radius 1 is 1.02 bits per heavy atom. The lowest BCUT2D eigenvalue weighted by Gasteiger charge is -2.22. The quantitative estimate of drug-likeness (QED) is 0.218. The number of amides is 2. The van der Waals surface area contributed by atoms with Crippen LogP contribution in [0.2, 0.25) is 0 Å². The summed E-state index contributed by atoms with van der Waals surface area (Å²) in [6.07, 6.45) is -2.74. The number of carbonyl (C=O) groups excluding carboxylic acids is 2. The van der Waals surface area contributed by atoms with E-state index in [1.165, 1.54) is 12.1 Å². The van der Waals surface area contributed by atoms with Crippen LogP contribution in [-0.2, 0) is 9.53 Å². The molecule has 202 valence electrons. The van der Waals surface area contributed by atoms with E-state index >= 15 is 0 Å². The molecular formula is C26H15F5N6O3. The van der Waals surface area contributed by atoms with E-state index in [4.69, 9.17) is 0 Å². The van der Waals surface area contributed by atoms with Crippen LogP contribution in [0.4, 0.5) is 32.4 Å². The zero-order chi connectivity index (χ0) is 28.4. The first-order chi connectivity index (χ1) is 19.1. The van der Waals surface area contributed by atoms with E-state index in [0.717, 1.165) is 12.1 Å². The van der Waals surface area contributed by atoms with Crippen molar-refractivity contribution in [1.82, 2.24) is 19.6 Å². The number of nitrogens with zero attached hydrogens (tertiary/aromatic N) is 5. The third-order valence-corrected chi connectivity index (χ3v) is 5.53. The van der Waals surface area contributed by atoms with Gasteiger partial charge in [0, 0.05) is 23.5 Å². The number of hydrogen-bond donors (Lipinski definition) is 1. The van der Waals surface area contributed by atoms with Crippen LogP contribution in [0.1, 0.15) is 29.3 Å². The number of imidazole rings is 1. The molecule has 5 rings (SSSR count). The number of rotatable bonds is 2. The Hall–Kier alpha value is -5.32. The van der Waals surface area contributed by atoms with E-state index in [-0.39, 0.29) is 11.3 Å². The summed E-state index contributed by atoms with van der Waals surface area (Å²) in [5.74, 6) is 0.575. The van der Waals surface area contributed by atoms with Gasteiger partial charge in [-0.15, -0.1) is 5.10 Å². The maximum atomic E-state index is 13.9. The zero-order valence-corrected chi connectivity index (χ0v) is 20.0. The van der Waals surface area contributed by atoms with Crippen LogP contribution in [0, 0.1) is 23.5 Å². The van der Waals surface area contributed by atoms with Gasteiger partial charge in [0.1, 0.15) is 17.3 Å². The molecule has 3 heterocycles. The van der Waals surface area contributed by atoms with Gasteiger partial charge in [-0.1, -0.05) is 12.0 Å². The minimum atomic E-state index is -5.32. The highest BCUT2D eigenvalue weighted by molar-refractivity contribution is 5.96. The van der Waals surface area contributed by atoms with Crippen molar-refractivity contribution in [3.05, 3.63) is 95.4 Å². The number of alkyl halides is 3. The lowest BCUT2D eigenvalue weighted by molar-refractivity contribution is -0.191. The monoisotopic (exact) mass is 554 g/mol. The molecular weight excluding hydrogens is 539 g/mol. The average molecular weight is 554 g/mol. The number of esters is 1. The summed E-state index contributed by atoms with van der Waals surface area (Å²) in [5, 5.41) is 11.0. The Labute approximate surface area is 221 Å². The van der Waals surface area contributed by atoms with Crippen molar-refractivity contribution >= 4 is 29.2 Å². The predicted octanol–water partition coefficient (Wildman–Crippen LogP) is 4.81. The highest BCUT2D eigenvalue weighted by Crippen LogP contribution is 2.33. The maximum Gasteiger partial charge on any atom is 0.491 e. The summed E-state index contributed by atoms with van der Waals surface area (Å²) in [6, 6.07) is 9.91. The number of halogens is 5. The molecule has 40 heavy (non-hydrogen) atoms. The van der Waals surface area contributed by atoms with Crippen molar-refractivity contribution in [3.8, 4) is 11.8 Å². The minimum absolute atomic E-state index is 0.115. The first kappa shape index (κ1) is 26.3. The molecule has 4 aromatic rings. The number of ether oxygens (including phenoxy) is 1. The van der Waals surface area contributed by atoms with Gasteiger partial charge < -0.3 is 10.1 Å². The molecule has 0 saturated carbocycles. The fraction of sp³-hybridized carbons (Fsp3) is 0.115. The van der Waals surface area contributed by atoms with Gasteiger partial charge in [-0.25, -0.2) is 32.9 Å². The molecule has 9 nitrogen and oxygen atoms in total. The second-order valence-electron chi connectivity index (χ2n) is 8.35. The van der Waals surface area contributed by atoms with Crippen LogP contribution < -0.4 is 5.32 Å². The van der Waals surface area contributed by atoms with Gasteiger partial charge in [0.25, 0.3) is 0 Å². The molecule has 0 spiro atoms. The smallest absolute Gasteiger partial charge is 0.403 e. The lowest BCUT2D eigenvalue weighted by Crippen LogP contribution is -2.31.